The van der Waals surface area contributed by atoms with Gasteiger partial charge in [-0.2, -0.15) is 0 Å². The van der Waals surface area contributed by atoms with Crippen molar-refractivity contribution in [1.29, 1.82) is 0 Å². The van der Waals surface area contributed by atoms with E-state index in [1.807, 2.05) is 0 Å². The minimum Gasteiger partial charge on any atom is -0.394 e. The van der Waals surface area contributed by atoms with Crippen LogP contribution >= 0.6 is 0 Å². The maximum atomic E-state index is 12.6. The number of nitrogens with two attached hydrogens (primary N) is 4. The number of aliphatic hydroxyl groups is 8. The number of hydrogen-bond acceptors (Lipinski definition) is 17. The zero-order valence-corrected chi connectivity index (χ0v) is 21.7. The second-order valence-electron chi connectivity index (χ2n) is 10.3. The molecule has 0 aromatic carbocycles. The largest absolute Gasteiger partial charge is 0.394 e. The molecule has 2 heterocycles. The van der Waals surface area contributed by atoms with Crippen molar-refractivity contribution in [2.45, 2.75) is 111 Å². The average Bonchev–Trinajstić information content (AvgIpc) is 2.92. The van der Waals surface area contributed by atoms with Gasteiger partial charge >= 0.3 is 0 Å². The molecule has 18 nitrogen and oxygen atoms in total. The molecule has 234 valence electrons. The van der Waals surface area contributed by atoms with Crippen LogP contribution in [0.3, 0.4) is 0 Å². The highest BCUT2D eigenvalue weighted by Gasteiger charge is 2.52. The highest BCUT2D eigenvalue weighted by Crippen LogP contribution is 2.32. The van der Waals surface area contributed by atoms with Crippen LogP contribution in [0.2, 0.25) is 0 Å². The Morgan fingerprint density at radius 3 is 2.05 bits per heavy atom. The first-order chi connectivity index (χ1) is 18.9. The lowest BCUT2D eigenvalue weighted by molar-refractivity contribution is -0.332. The Balaban J connectivity index is 1.85. The molecule has 1 aliphatic carbocycles. The van der Waals surface area contributed by atoms with E-state index < -0.39 is 110 Å². The molecular weight excluding hydrogens is 542 g/mol. The summed E-state index contributed by atoms with van der Waals surface area (Å²) in [4.78, 5) is 12.6. The van der Waals surface area contributed by atoms with Gasteiger partial charge in [0.1, 0.15) is 67.1 Å². The van der Waals surface area contributed by atoms with Crippen LogP contribution in [0, 0.1) is 0 Å². The van der Waals surface area contributed by atoms with Crippen LogP contribution < -0.4 is 28.3 Å². The van der Waals surface area contributed by atoms with E-state index in [1.165, 1.54) is 0 Å². The smallest absolute Gasteiger partial charge is 0.249 e. The average molecular weight is 586 g/mol. The van der Waals surface area contributed by atoms with Gasteiger partial charge in [0.15, 0.2) is 12.6 Å². The van der Waals surface area contributed by atoms with Gasteiger partial charge in [-0.1, -0.05) is 0 Å². The highest BCUT2D eigenvalue weighted by molar-refractivity contribution is 5.80. The molecule has 1 amide bonds. The Kier molecular flexibility index (Phi) is 11.9. The fourth-order valence-electron chi connectivity index (χ4n) is 5.07. The van der Waals surface area contributed by atoms with Gasteiger partial charge in [-0.15, -0.1) is 0 Å². The van der Waals surface area contributed by atoms with Crippen LogP contribution in [0.1, 0.15) is 12.8 Å². The molecule has 3 fully saturated rings. The first-order valence-corrected chi connectivity index (χ1v) is 13.1. The van der Waals surface area contributed by atoms with Crippen molar-refractivity contribution in [3.8, 4) is 0 Å². The summed E-state index contributed by atoms with van der Waals surface area (Å²) in [6, 6.07) is -3.45. The normalized spacial score (nSPS) is 47.0. The predicted molar refractivity (Wildman–Crippen MR) is 131 cm³/mol. The van der Waals surface area contributed by atoms with E-state index in [1.54, 1.807) is 0 Å². The Hall–Kier alpha value is -1.17. The Labute approximate surface area is 229 Å². The van der Waals surface area contributed by atoms with E-state index in [2.05, 4.69) is 5.32 Å². The first kappa shape index (κ1) is 33.3. The standard InChI is InChI=1S/C22H43N5O13/c23-2-1-8(29)20(36)27-7-3-6(25)18(39-22-16(34)15(33)13(31)9(4-24)37-22)17(35)19(7)40-21-14(32)11(26)12(30)10(5-28)38-21/h6-19,21-22,28-35H,1-5,23-26H2,(H,27,36)/t6-,7+,8+,9+,10+,11-,12+,13+,14-,15-,16+,17-,18+,19-,21+,22+/m0/s1. The number of amides is 1. The van der Waals surface area contributed by atoms with Crippen molar-refractivity contribution >= 4 is 5.91 Å². The summed E-state index contributed by atoms with van der Waals surface area (Å²) in [5, 5.41) is 84.9. The lowest BCUT2D eigenvalue weighted by atomic mass is 9.83. The molecule has 17 N–H and O–H groups in total. The third kappa shape index (κ3) is 7.06. The topological polar surface area (TPSA) is 332 Å². The number of aliphatic hydroxyl groups excluding tert-OH is 8. The lowest BCUT2D eigenvalue weighted by Gasteiger charge is -2.49. The number of nitrogens with one attached hydrogen (secondary N) is 1. The van der Waals surface area contributed by atoms with Crippen molar-refractivity contribution < 1.29 is 64.6 Å². The molecule has 0 aromatic heterocycles. The van der Waals surface area contributed by atoms with Crippen molar-refractivity contribution in [1.82, 2.24) is 5.32 Å². The zero-order valence-electron chi connectivity index (χ0n) is 21.7. The third-order valence-corrected chi connectivity index (χ3v) is 7.51. The molecular formula is C22H43N5O13. The second kappa shape index (κ2) is 14.3. The summed E-state index contributed by atoms with van der Waals surface area (Å²) in [6.45, 7) is -0.898. The third-order valence-electron chi connectivity index (χ3n) is 7.51. The molecule has 40 heavy (non-hydrogen) atoms. The van der Waals surface area contributed by atoms with E-state index in [4.69, 9.17) is 41.9 Å². The molecule has 3 rings (SSSR count). The van der Waals surface area contributed by atoms with Gasteiger partial charge in [0, 0.05) is 12.6 Å². The summed E-state index contributed by atoms with van der Waals surface area (Å²) in [5.74, 6) is -0.845. The predicted octanol–water partition coefficient (Wildman–Crippen LogP) is -8.42. The van der Waals surface area contributed by atoms with Crippen molar-refractivity contribution in [3.63, 3.8) is 0 Å². The monoisotopic (exact) mass is 585 g/mol. The fraction of sp³-hybridized carbons (Fsp3) is 0.955. The summed E-state index contributed by atoms with van der Waals surface area (Å²) >= 11 is 0. The number of hydrogen-bond donors (Lipinski definition) is 13. The van der Waals surface area contributed by atoms with E-state index in [-0.39, 0.29) is 25.9 Å². The first-order valence-electron chi connectivity index (χ1n) is 13.1. The molecule has 0 unspecified atom stereocenters. The summed E-state index contributed by atoms with van der Waals surface area (Å²) < 4.78 is 22.5. The van der Waals surface area contributed by atoms with Gasteiger partial charge in [-0.3, -0.25) is 4.79 Å². The Bertz CT molecular complexity index is 815. The van der Waals surface area contributed by atoms with Gasteiger partial charge in [-0.25, -0.2) is 0 Å². The molecule has 1 saturated carbocycles. The van der Waals surface area contributed by atoms with E-state index >= 15 is 0 Å². The van der Waals surface area contributed by atoms with Crippen LogP contribution in [0.15, 0.2) is 0 Å². The molecule has 16 atom stereocenters. The zero-order chi connectivity index (χ0) is 29.9. The molecule has 0 radical (unpaired) electrons. The summed E-state index contributed by atoms with van der Waals surface area (Å²) in [6.07, 6.45) is -19.8. The van der Waals surface area contributed by atoms with E-state index in [0.29, 0.717) is 0 Å². The number of carbonyl (C=O) groups excluding carboxylic acids is 1. The molecule has 2 saturated heterocycles. The van der Waals surface area contributed by atoms with Crippen LogP contribution in [-0.4, -0.2) is 164 Å². The Morgan fingerprint density at radius 1 is 0.850 bits per heavy atom. The van der Waals surface area contributed by atoms with Gasteiger partial charge in [0.05, 0.1) is 18.7 Å². The van der Waals surface area contributed by atoms with Crippen LogP contribution in [0.4, 0.5) is 0 Å². The quantitative estimate of drug-likeness (QED) is 0.113. The van der Waals surface area contributed by atoms with Crippen molar-refractivity contribution in [3.05, 3.63) is 0 Å². The number of rotatable bonds is 10. The highest BCUT2D eigenvalue weighted by atomic mass is 16.7. The van der Waals surface area contributed by atoms with Gasteiger partial charge in [-0.05, 0) is 19.4 Å². The van der Waals surface area contributed by atoms with Crippen molar-refractivity contribution in [2.24, 2.45) is 22.9 Å². The van der Waals surface area contributed by atoms with Gasteiger partial charge < -0.3 is 88.1 Å². The van der Waals surface area contributed by atoms with E-state index in [9.17, 15) is 45.6 Å². The molecule has 2 aliphatic heterocycles. The van der Waals surface area contributed by atoms with Gasteiger partial charge in [0.25, 0.3) is 0 Å². The minimum absolute atomic E-state index is 0.0101. The molecule has 3 aliphatic rings. The molecule has 0 spiro atoms. The fourth-order valence-corrected chi connectivity index (χ4v) is 5.07. The summed E-state index contributed by atoms with van der Waals surface area (Å²) in [7, 11) is 0. The number of ether oxygens (including phenoxy) is 4. The Morgan fingerprint density at radius 2 is 1.45 bits per heavy atom. The lowest BCUT2D eigenvalue weighted by Crippen LogP contribution is -2.69. The maximum Gasteiger partial charge on any atom is 0.249 e. The SMILES string of the molecule is NCC[C@@H](O)C(=O)N[C@@H]1C[C@H](N)[C@@H](O[C@H]2O[C@H](CN)[C@@H](O)[C@H](O)[C@H]2O)[C@H](O)[C@H]1O[C@H]1O[C@H](CO)[C@@H](O)[C@H](N)[C@@H]1O. The number of carbonyl (C=O) groups is 1. The molecule has 0 bridgehead atoms. The minimum atomic E-state index is -1.76. The van der Waals surface area contributed by atoms with Crippen molar-refractivity contribution in [2.75, 3.05) is 19.7 Å². The molecule has 18 heteroatoms. The van der Waals surface area contributed by atoms with Crippen LogP contribution in [-0.2, 0) is 23.7 Å². The second-order valence-corrected chi connectivity index (χ2v) is 10.3. The van der Waals surface area contributed by atoms with Crippen LogP contribution in [0.25, 0.3) is 0 Å². The maximum absolute atomic E-state index is 12.6. The molecule has 0 aromatic rings. The van der Waals surface area contributed by atoms with Crippen LogP contribution in [0.5, 0.6) is 0 Å². The summed E-state index contributed by atoms with van der Waals surface area (Å²) in [5.41, 5.74) is 23.1. The van der Waals surface area contributed by atoms with E-state index in [0.717, 1.165) is 0 Å². The van der Waals surface area contributed by atoms with Gasteiger partial charge in [0.2, 0.25) is 5.91 Å².